The number of nitrogens with one attached hydrogen (secondary N) is 2. The fraction of sp³-hybridized carbons (Fsp3) is 0.400. The molecule has 3 rings (SSSR count). The number of carbonyl (C=O) groups excluding carboxylic acids is 1. The van der Waals surface area contributed by atoms with E-state index >= 15 is 0 Å². The predicted octanol–water partition coefficient (Wildman–Crippen LogP) is 1.28. The number of hydrogen-bond donors (Lipinski definition) is 2. The number of hydrogen-bond acceptors (Lipinski definition) is 6. The Morgan fingerprint density at radius 2 is 2.22 bits per heavy atom. The van der Waals surface area contributed by atoms with Gasteiger partial charge in [0.25, 0.3) is 0 Å². The van der Waals surface area contributed by atoms with Gasteiger partial charge in [-0.1, -0.05) is 0 Å². The van der Waals surface area contributed by atoms with Gasteiger partial charge in [0.1, 0.15) is 12.4 Å². The molecule has 1 aliphatic rings. The molecular weight excluding hydrogens is 314 g/mol. The number of aryl methyl sites for hydroxylation is 1. The van der Waals surface area contributed by atoms with Crippen molar-refractivity contribution in [2.45, 2.75) is 29.1 Å². The molecular formula is C15H19N5O2S. The average Bonchev–Trinajstić information content (AvgIpc) is 2.95. The Balaban J connectivity index is 1.61. The summed E-state index contributed by atoms with van der Waals surface area (Å²) in [6.07, 6.45) is 1.53. The average molecular weight is 333 g/mol. The zero-order valence-corrected chi connectivity index (χ0v) is 13.8. The summed E-state index contributed by atoms with van der Waals surface area (Å²) in [5, 5.41) is 14.8. The van der Waals surface area contributed by atoms with Crippen molar-refractivity contribution < 1.29 is 9.53 Å². The molecule has 1 aliphatic heterocycles. The molecule has 8 heteroatoms. The second-order valence-corrected chi connectivity index (χ2v) is 6.39. The van der Waals surface area contributed by atoms with Crippen LogP contribution in [0.5, 0.6) is 0 Å². The van der Waals surface area contributed by atoms with Crippen LogP contribution in [0.3, 0.4) is 0 Å². The molecule has 1 saturated heterocycles. The van der Waals surface area contributed by atoms with E-state index in [2.05, 4.69) is 20.8 Å². The summed E-state index contributed by atoms with van der Waals surface area (Å²) in [5.41, 5.74) is 0.761. The molecule has 122 valence electrons. The van der Waals surface area contributed by atoms with Crippen molar-refractivity contribution in [1.29, 1.82) is 0 Å². The standard InChI is InChI=1S/C15H19N5O2S/c1-10-13(16-7-8-22-10)14(21)18-11-3-5-12(6-4-11)23-15-19-17-9-20(15)2/h3-6,9-10,13,16H,7-8H2,1-2H3,(H,18,21)/t10-,13+/m1/s1. The van der Waals surface area contributed by atoms with Crippen LogP contribution in [0.25, 0.3) is 0 Å². The van der Waals surface area contributed by atoms with E-state index in [4.69, 9.17) is 4.74 Å². The molecule has 0 bridgehead atoms. The molecule has 2 aromatic rings. The molecule has 1 fully saturated rings. The van der Waals surface area contributed by atoms with E-state index in [9.17, 15) is 4.79 Å². The van der Waals surface area contributed by atoms with Gasteiger partial charge in [-0.25, -0.2) is 0 Å². The van der Waals surface area contributed by atoms with Gasteiger partial charge >= 0.3 is 0 Å². The molecule has 1 aromatic heterocycles. The highest BCUT2D eigenvalue weighted by Crippen LogP contribution is 2.26. The highest BCUT2D eigenvalue weighted by atomic mass is 32.2. The number of nitrogens with zero attached hydrogens (tertiary/aromatic N) is 3. The first kappa shape index (κ1) is 16.0. The lowest BCUT2D eigenvalue weighted by atomic mass is 10.1. The highest BCUT2D eigenvalue weighted by molar-refractivity contribution is 7.99. The van der Waals surface area contributed by atoms with E-state index < -0.39 is 0 Å². The van der Waals surface area contributed by atoms with Gasteiger partial charge < -0.3 is 19.9 Å². The minimum Gasteiger partial charge on any atom is -0.375 e. The summed E-state index contributed by atoms with van der Waals surface area (Å²) in [6.45, 7) is 3.23. The molecule has 2 heterocycles. The number of carbonyl (C=O) groups is 1. The number of ether oxygens (including phenoxy) is 1. The van der Waals surface area contributed by atoms with Gasteiger partial charge in [-0.05, 0) is 43.0 Å². The Morgan fingerprint density at radius 1 is 1.43 bits per heavy atom. The van der Waals surface area contributed by atoms with Crippen molar-refractivity contribution in [3.05, 3.63) is 30.6 Å². The first-order valence-corrected chi connectivity index (χ1v) is 8.23. The third kappa shape index (κ3) is 3.90. The monoisotopic (exact) mass is 333 g/mol. The lowest BCUT2D eigenvalue weighted by Crippen LogP contribution is -2.53. The minimum absolute atomic E-state index is 0.0779. The zero-order valence-electron chi connectivity index (χ0n) is 13.0. The van der Waals surface area contributed by atoms with Crippen LogP contribution in [0, 0.1) is 0 Å². The van der Waals surface area contributed by atoms with Gasteiger partial charge in [0.2, 0.25) is 5.91 Å². The van der Waals surface area contributed by atoms with Gasteiger partial charge in [-0.2, -0.15) is 0 Å². The van der Waals surface area contributed by atoms with Crippen LogP contribution >= 0.6 is 11.8 Å². The van der Waals surface area contributed by atoms with Crippen LogP contribution < -0.4 is 10.6 Å². The molecule has 7 nitrogen and oxygen atoms in total. The van der Waals surface area contributed by atoms with Gasteiger partial charge in [0.15, 0.2) is 5.16 Å². The maximum absolute atomic E-state index is 12.3. The van der Waals surface area contributed by atoms with Crippen molar-refractivity contribution in [3.63, 3.8) is 0 Å². The van der Waals surface area contributed by atoms with E-state index in [1.165, 1.54) is 11.8 Å². The van der Waals surface area contributed by atoms with Crippen molar-refractivity contribution >= 4 is 23.4 Å². The van der Waals surface area contributed by atoms with E-state index in [0.717, 1.165) is 15.7 Å². The summed E-state index contributed by atoms with van der Waals surface area (Å²) < 4.78 is 7.35. The molecule has 1 amide bonds. The van der Waals surface area contributed by atoms with Crippen molar-refractivity contribution in [2.75, 3.05) is 18.5 Å². The molecule has 1 aromatic carbocycles. The Bertz CT molecular complexity index is 673. The lowest BCUT2D eigenvalue weighted by molar-refractivity contribution is -0.123. The summed E-state index contributed by atoms with van der Waals surface area (Å²) in [7, 11) is 1.90. The Hall–Kier alpha value is -1.90. The van der Waals surface area contributed by atoms with Crippen LogP contribution in [0.15, 0.2) is 40.6 Å². The zero-order chi connectivity index (χ0) is 16.2. The number of rotatable bonds is 4. The van der Waals surface area contributed by atoms with Crippen LogP contribution in [-0.4, -0.2) is 46.0 Å². The summed E-state index contributed by atoms with van der Waals surface area (Å²) >= 11 is 1.52. The van der Waals surface area contributed by atoms with Crippen LogP contribution in [0.2, 0.25) is 0 Å². The first-order valence-electron chi connectivity index (χ1n) is 7.41. The maximum Gasteiger partial charge on any atom is 0.244 e. The third-order valence-corrected chi connectivity index (χ3v) is 4.66. The summed E-state index contributed by atoms with van der Waals surface area (Å²) in [5.74, 6) is -0.0779. The minimum atomic E-state index is -0.323. The maximum atomic E-state index is 12.3. The van der Waals surface area contributed by atoms with E-state index in [1.807, 2.05) is 42.8 Å². The Morgan fingerprint density at radius 3 is 2.87 bits per heavy atom. The molecule has 0 spiro atoms. The second-order valence-electron chi connectivity index (χ2n) is 5.35. The van der Waals surface area contributed by atoms with Gasteiger partial charge in [-0.3, -0.25) is 4.79 Å². The molecule has 0 unspecified atom stereocenters. The van der Waals surface area contributed by atoms with E-state index in [0.29, 0.717) is 13.2 Å². The van der Waals surface area contributed by atoms with E-state index in [-0.39, 0.29) is 18.1 Å². The van der Waals surface area contributed by atoms with E-state index in [1.54, 1.807) is 6.33 Å². The molecule has 0 aliphatic carbocycles. The number of morpholine rings is 1. The number of amides is 1. The van der Waals surface area contributed by atoms with Crippen LogP contribution in [0.1, 0.15) is 6.92 Å². The normalized spacial score (nSPS) is 21.1. The summed E-state index contributed by atoms with van der Waals surface area (Å²) in [4.78, 5) is 13.3. The third-order valence-electron chi connectivity index (χ3n) is 3.60. The molecule has 2 N–H and O–H groups in total. The second kappa shape index (κ2) is 7.12. The van der Waals surface area contributed by atoms with Crippen molar-refractivity contribution in [2.24, 2.45) is 7.05 Å². The van der Waals surface area contributed by atoms with Crippen LogP contribution in [-0.2, 0) is 16.6 Å². The first-order chi connectivity index (χ1) is 11.1. The highest BCUT2D eigenvalue weighted by Gasteiger charge is 2.28. The van der Waals surface area contributed by atoms with Crippen molar-refractivity contribution in [3.8, 4) is 0 Å². The number of aromatic nitrogens is 3. The Kier molecular flexibility index (Phi) is 4.94. The van der Waals surface area contributed by atoms with Crippen molar-refractivity contribution in [1.82, 2.24) is 20.1 Å². The topological polar surface area (TPSA) is 81.1 Å². The Labute approximate surface area is 138 Å². The smallest absolute Gasteiger partial charge is 0.244 e. The predicted molar refractivity (Wildman–Crippen MR) is 87.4 cm³/mol. The number of anilines is 1. The number of benzene rings is 1. The van der Waals surface area contributed by atoms with Crippen LogP contribution in [0.4, 0.5) is 5.69 Å². The molecule has 0 radical (unpaired) electrons. The SMILES string of the molecule is C[C@H]1OCCN[C@@H]1C(=O)Nc1ccc(Sc2nncn2C)cc1. The largest absolute Gasteiger partial charge is 0.375 e. The molecule has 23 heavy (non-hydrogen) atoms. The van der Waals surface area contributed by atoms with Gasteiger partial charge in [0.05, 0.1) is 12.7 Å². The van der Waals surface area contributed by atoms with Gasteiger partial charge in [0, 0.05) is 24.2 Å². The lowest BCUT2D eigenvalue weighted by Gasteiger charge is -2.29. The van der Waals surface area contributed by atoms with Gasteiger partial charge in [-0.15, -0.1) is 10.2 Å². The fourth-order valence-corrected chi connectivity index (χ4v) is 3.09. The molecule has 2 atom stereocenters. The quantitative estimate of drug-likeness (QED) is 0.877. The summed E-state index contributed by atoms with van der Waals surface area (Å²) in [6, 6.07) is 7.33. The molecule has 0 saturated carbocycles. The fourth-order valence-electron chi connectivity index (χ4n) is 2.32.